The van der Waals surface area contributed by atoms with Crippen molar-refractivity contribution < 1.29 is 24.4 Å². The Hall–Kier alpha value is -0.270. The van der Waals surface area contributed by atoms with Gasteiger partial charge in [-0.25, -0.2) is 4.39 Å². The molecule has 0 aromatic carbocycles. The number of rotatable bonds is 1. The first-order valence-corrected chi connectivity index (χ1v) is 3.59. The Kier molecular flexibility index (Phi) is 2.97. The van der Waals surface area contributed by atoms with Crippen LogP contribution >= 0.6 is 0 Å². The molecule has 1 fully saturated rings. The summed E-state index contributed by atoms with van der Waals surface area (Å²) in [5.74, 6) is 0. The Morgan fingerprint density at radius 1 is 1.25 bits per heavy atom. The molecule has 1 aliphatic rings. The quantitative estimate of drug-likeness (QED) is 0.365. The molecule has 0 aliphatic carbocycles. The highest BCUT2D eigenvalue weighted by atomic mass is 19.1. The van der Waals surface area contributed by atoms with Crippen molar-refractivity contribution in [3.63, 3.8) is 0 Å². The van der Waals surface area contributed by atoms with Crippen molar-refractivity contribution >= 4 is 0 Å². The van der Waals surface area contributed by atoms with Gasteiger partial charge in [-0.05, 0) is 0 Å². The van der Waals surface area contributed by atoms with E-state index in [0.29, 0.717) is 0 Å². The average molecular weight is 181 g/mol. The first kappa shape index (κ1) is 9.82. The van der Waals surface area contributed by atoms with Crippen LogP contribution < -0.4 is 5.73 Å². The third kappa shape index (κ3) is 1.57. The lowest BCUT2D eigenvalue weighted by Crippen LogP contribution is -2.61. The molecular formula is C6H12FNO4. The molecular weight excluding hydrogens is 169 g/mol. The molecule has 0 amide bonds. The summed E-state index contributed by atoms with van der Waals surface area (Å²) in [4.78, 5) is 0. The molecule has 5 unspecified atom stereocenters. The SMILES string of the molecule is NC1C(O)OC(CF)C(O)C1O. The normalized spacial score (nSPS) is 49.2. The van der Waals surface area contributed by atoms with E-state index in [0.717, 1.165) is 0 Å². The zero-order valence-electron chi connectivity index (χ0n) is 6.30. The minimum atomic E-state index is -1.43. The molecule has 1 saturated heterocycles. The van der Waals surface area contributed by atoms with Crippen LogP contribution in [-0.4, -0.2) is 52.6 Å². The predicted octanol–water partition coefficient (Wildman–Crippen LogP) is -2.28. The van der Waals surface area contributed by atoms with Crippen molar-refractivity contribution in [3.05, 3.63) is 0 Å². The maximum atomic E-state index is 12.1. The number of alkyl halides is 1. The third-order valence-corrected chi connectivity index (χ3v) is 1.92. The Balaban J connectivity index is 2.63. The van der Waals surface area contributed by atoms with Gasteiger partial charge < -0.3 is 25.8 Å². The van der Waals surface area contributed by atoms with Crippen molar-refractivity contribution in [2.75, 3.05) is 6.67 Å². The molecule has 0 bridgehead atoms. The smallest absolute Gasteiger partial charge is 0.173 e. The van der Waals surface area contributed by atoms with Crippen molar-refractivity contribution in [3.8, 4) is 0 Å². The zero-order valence-corrected chi connectivity index (χ0v) is 6.30. The molecule has 72 valence electrons. The minimum Gasteiger partial charge on any atom is -0.388 e. The number of hydrogen-bond acceptors (Lipinski definition) is 5. The zero-order chi connectivity index (χ0) is 9.30. The summed E-state index contributed by atoms with van der Waals surface area (Å²) in [6.07, 6.45) is -5.36. The van der Waals surface area contributed by atoms with E-state index in [-0.39, 0.29) is 0 Å². The number of nitrogens with two attached hydrogens (primary N) is 1. The Labute approximate surface area is 68.6 Å². The lowest BCUT2D eigenvalue weighted by molar-refractivity contribution is -0.244. The van der Waals surface area contributed by atoms with E-state index in [1.165, 1.54) is 0 Å². The van der Waals surface area contributed by atoms with Crippen LogP contribution in [0.25, 0.3) is 0 Å². The predicted molar refractivity (Wildman–Crippen MR) is 36.8 cm³/mol. The van der Waals surface area contributed by atoms with Crippen LogP contribution in [0.5, 0.6) is 0 Å². The van der Waals surface area contributed by atoms with E-state index < -0.39 is 37.3 Å². The van der Waals surface area contributed by atoms with Crippen LogP contribution in [0.2, 0.25) is 0 Å². The van der Waals surface area contributed by atoms with Gasteiger partial charge >= 0.3 is 0 Å². The van der Waals surface area contributed by atoms with Crippen molar-refractivity contribution in [2.24, 2.45) is 5.73 Å². The molecule has 0 aromatic heterocycles. The van der Waals surface area contributed by atoms with Crippen LogP contribution in [0.1, 0.15) is 0 Å². The van der Waals surface area contributed by atoms with Gasteiger partial charge in [0.2, 0.25) is 0 Å². The lowest BCUT2D eigenvalue weighted by atomic mass is 9.98. The summed E-state index contributed by atoms with van der Waals surface area (Å²) in [6.45, 7) is -0.970. The largest absolute Gasteiger partial charge is 0.388 e. The number of halogens is 1. The second-order valence-electron chi connectivity index (χ2n) is 2.78. The van der Waals surface area contributed by atoms with E-state index in [1.54, 1.807) is 0 Å². The summed E-state index contributed by atoms with van der Waals surface area (Å²) in [7, 11) is 0. The van der Waals surface area contributed by atoms with E-state index in [1.807, 2.05) is 0 Å². The summed E-state index contributed by atoms with van der Waals surface area (Å²) in [5.41, 5.74) is 5.22. The summed E-state index contributed by atoms with van der Waals surface area (Å²) >= 11 is 0. The van der Waals surface area contributed by atoms with Gasteiger partial charge in [-0.15, -0.1) is 0 Å². The second-order valence-corrected chi connectivity index (χ2v) is 2.78. The van der Waals surface area contributed by atoms with Crippen molar-refractivity contribution in [1.82, 2.24) is 0 Å². The van der Waals surface area contributed by atoms with Crippen LogP contribution in [0.3, 0.4) is 0 Å². The highest BCUT2D eigenvalue weighted by Crippen LogP contribution is 2.18. The number of hydrogen-bond donors (Lipinski definition) is 4. The van der Waals surface area contributed by atoms with Crippen LogP contribution in [0, 0.1) is 0 Å². The van der Waals surface area contributed by atoms with Gasteiger partial charge in [-0.2, -0.15) is 0 Å². The third-order valence-electron chi connectivity index (χ3n) is 1.92. The van der Waals surface area contributed by atoms with Gasteiger partial charge in [-0.3, -0.25) is 0 Å². The fourth-order valence-corrected chi connectivity index (χ4v) is 1.09. The van der Waals surface area contributed by atoms with E-state index >= 15 is 0 Å². The van der Waals surface area contributed by atoms with Crippen LogP contribution in [0.15, 0.2) is 0 Å². The van der Waals surface area contributed by atoms with E-state index in [2.05, 4.69) is 4.74 Å². The molecule has 1 heterocycles. The van der Waals surface area contributed by atoms with E-state index in [9.17, 15) is 4.39 Å². The highest BCUT2D eigenvalue weighted by Gasteiger charge is 2.41. The molecule has 6 heteroatoms. The standard InChI is InChI=1S/C6H12FNO4/c7-1-2-4(9)5(10)3(8)6(11)12-2/h2-6,9-11H,1,8H2. The summed E-state index contributed by atoms with van der Waals surface area (Å²) < 4.78 is 16.6. The van der Waals surface area contributed by atoms with Crippen molar-refractivity contribution in [2.45, 2.75) is 30.6 Å². The molecule has 1 rings (SSSR count). The molecule has 0 aromatic rings. The number of ether oxygens (including phenoxy) is 1. The van der Waals surface area contributed by atoms with Crippen molar-refractivity contribution in [1.29, 1.82) is 0 Å². The van der Waals surface area contributed by atoms with E-state index in [4.69, 9.17) is 21.1 Å². The molecule has 1 aliphatic heterocycles. The van der Waals surface area contributed by atoms with Crippen LogP contribution in [0.4, 0.5) is 4.39 Å². The Morgan fingerprint density at radius 2 is 1.83 bits per heavy atom. The number of aliphatic hydroxyl groups is 3. The highest BCUT2D eigenvalue weighted by molar-refractivity contribution is 4.90. The molecule has 12 heavy (non-hydrogen) atoms. The fraction of sp³-hybridized carbons (Fsp3) is 1.00. The monoisotopic (exact) mass is 181 g/mol. The second kappa shape index (κ2) is 3.63. The molecule has 5 atom stereocenters. The molecule has 5 nitrogen and oxygen atoms in total. The Morgan fingerprint density at radius 3 is 2.33 bits per heavy atom. The maximum Gasteiger partial charge on any atom is 0.173 e. The van der Waals surface area contributed by atoms with Gasteiger partial charge in [0.1, 0.15) is 25.0 Å². The van der Waals surface area contributed by atoms with Gasteiger partial charge in [0.15, 0.2) is 6.29 Å². The van der Waals surface area contributed by atoms with Gasteiger partial charge in [0.05, 0.1) is 6.04 Å². The molecule has 0 spiro atoms. The summed E-state index contributed by atoms with van der Waals surface area (Å²) in [6, 6.07) is -1.09. The summed E-state index contributed by atoms with van der Waals surface area (Å²) in [5, 5.41) is 27.2. The van der Waals surface area contributed by atoms with Crippen LogP contribution in [-0.2, 0) is 4.74 Å². The van der Waals surface area contributed by atoms with Gasteiger partial charge in [0, 0.05) is 0 Å². The molecule has 0 saturated carbocycles. The fourth-order valence-electron chi connectivity index (χ4n) is 1.09. The first-order valence-electron chi connectivity index (χ1n) is 3.59. The van der Waals surface area contributed by atoms with Gasteiger partial charge in [-0.1, -0.05) is 0 Å². The Bertz CT molecular complexity index is 154. The molecule has 0 radical (unpaired) electrons. The maximum absolute atomic E-state index is 12.1. The number of aliphatic hydroxyl groups excluding tert-OH is 3. The lowest BCUT2D eigenvalue weighted by Gasteiger charge is -2.37. The first-order chi connectivity index (χ1) is 5.57. The average Bonchev–Trinajstić information content (AvgIpc) is 2.08. The van der Waals surface area contributed by atoms with Gasteiger partial charge in [0.25, 0.3) is 0 Å². The minimum absolute atomic E-state index is 0.970. The topological polar surface area (TPSA) is 95.9 Å². The molecule has 5 N–H and O–H groups in total.